The Morgan fingerprint density at radius 3 is 2.36 bits per heavy atom. The van der Waals surface area contributed by atoms with Crippen molar-refractivity contribution < 1.29 is 4.79 Å². The van der Waals surface area contributed by atoms with Crippen molar-refractivity contribution in [1.82, 2.24) is 4.90 Å². The molecule has 3 heteroatoms. The quantitative estimate of drug-likeness (QED) is 0.734. The minimum atomic E-state index is 0.201. The summed E-state index contributed by atoms with van der Waals surface area (Å²) in [4.78, 5) is 15.6. The SMILES string of the molecule is CCN(Cc1cccs1)C(=O)Cc1ccc(CC(C)C)cc1. The van der Waals surface area contributed by atoms with Crippen LogP contribution in [0.3, 0.4) is 0 Å². The van der Waals surface area contributed by atoms with Crippen molar-refractivity contribution in [2.75, 3.05) is 6.54 Å². The third-order valence-electron chi connectivity index (χ3n) is 3.68. The van der Waals surface area contributed by atoms with Crippen LogP contribution < -0.4 is 0 Å². The fraction of sp³-hybridized carbons (Fsp3) is 0.421. The molecule has 0 saturated heterocycles. The van der Waals surface area contributed by atoms with Crippen LogP contribution >= 0.6 is 11.3 Å². The second kappa shape index (κ2) is 8.14. The molecule has 2 rings (SSSR count). The fourth-order valence-electron chi connectivity index (χ4n) is 2.52. The minimum Gasteiger partial charge on any atom is -0.338 e. The van der Waals surface area contributed by atoms with E-state index >= 15 is 0 Å². The van der Waals surface area contributed by atoms with Gasteiger partial charge in [-0.25, -0.2) is 0 Å². The molecule has 2 nitrogen and oxygen atoms in total. The molecule has 0 atom stereocenters. The van der Waals surface area contributed by atoms with Crippen molar-refractivity contribution in [2.24, 2.45) is 5.92 Å². The van der Waals surface area contributed by atoms with E-state index in [-0.39, 0.29) is 5.91 Å². The van der Waals surface area contributed by atoms with E-state index in [9.17, 15) is 4.79 Å². The largest absolute Gasteiger partial charge is 0.338 e. The molecule has 118 valence electrons. The number of hydrogen-bond donors (Lipinski definition) is 0. The summed E-state index contributed by atoms with van der Waals surface area (Å²) < 4.78 is 0. The molecule has 0 fully saturated rings. The number of amides is 1. The molecule has 0 aliphatic carbocycles. The Hall–Kier alpha value is -1.61. The van der Waals surface area contributed by atoms with E-state index in [0.29, 0.717) is 12.3 Å². The van der Waals surface area contributed by atoms with Crippen LogP contribution in [0.25, 0.3) is 0 Å². The van der Waals surface area contributed by atoms with Crippen LogP contribution in [0.5, 0.6) is 0 Å². The molecular formula is C19H25NOS. The molecule has 0 unspecified atom stereocenters. The molecule has 0 bridgehead atoms. The van der Waals surface area contributed by atoms with Crippen LogP contribution in [0.1, 0.15) is 36.8 Å². The van der Waals surface area contributed by atoms with Gasteiger partial charge >= 0.3 is 0 Å². The predicted molar refractivity (Wildman–Crippen MR) is 94.1 cm³/mol. The van der Waals surface area contributed by atoms with Crippen LogP contribution in [-0.2, 0) is 24.2 Å². The smallest absolute Gasteiger partial charge is 0.227 e. The van der Waals surface area contributed by atoms with Gasteiger partial charge in [-0.3, -0.25) is 4.79 Å². The van der Waals surface area contributed by atoms with Crippen molar-refractivity contribution in [3.8, 4) is 0 Å². The number of rotatable bonds is 7. The van der Waals surface area contributed by atoms with Crippen molar-refractivity contribution in [3.63, 3.8) is 0 Å². The summed E-state index contributed by atoms with van der Waals surface area (Å²) in [5.41, 5.74) is 2.44. The number of carbonyl (C=O) groups is 1. The minimum absolute atomic E-state index is 0.201. The molecule has 0 aliphatic rings. The molecule has 2 aromatic rings. The second-order valence-corrected chi connectivity index (χ2v) is 7.11. The standard InChI is InChI=1S/C19H25NOS/c1-4-20(14-18-6-5-11-22-18)19(21)13-17-9-7-16(8-10-17)12-15(2)3/h5-11,15H,4,12-14H2,1-3H3. The number of likely N-dealkylation sites (N-methyl/N-ethyl adjacent to an activating group) is 1. The molecule has 0 radical (unpaired) electrons. The van der Waals surface area contributed by atoms with Crippen molar-refractivity contribution in [2.45, 2.75) is 40.2 Å². The molecule has 0 spiro atoms. The van der Waals surface area contributed by atoms with E-state index in [4.69, 9.17) is 0 Å². The number of carbonyl (C=O) groups excluding carboxylic acids is 1. The molecule has 1 heterocycles. The van der Waals surface area contributed by atoms with Gasteiger partial charge in [-0.05, 0) is 41.8 Å². The highest BCUT2D eigenvalue weighted by Gasteiger charge is 2.13. The van der Waals surface area contributed by atoms with Crippen LogP contribution in [0.4, 0.5) is 0 Å². The van der Waals surface area contributed by atoms with Gasteiger partial charge in [-0.15, -0.1) is 11.3 Å². The summed E-state index contributed by atoms with van der Waals surface area (Å²) in [5, 5.41) is 2.06. The van der Waals surface area contributed by atoms with E-state index in [1.165, 1.54) is 10.4 Å². The van der Waals surface area contributed by atoms with Gasteiger partial charge in [0.25, 0.3) is 0 Å². The van der Waals surface area contributed by atoms with Gasteiger partial charge < -0.3 is 4.90 Å². The molecule has 0 aliphatic heterocycles. The zero-order chi connectivity index (χ0) is 15.9. The second-order valence-electron chi connectivity index (χ2n) is 6.08. The van der Waals surface area contributed by atoms with Crippen molar-refractivity contribution in [3.05, 3.63) is 57.8 Å². The molecule has 1 aromatic heterocycles. The van der Waals surface area contributed by atoms with Gasteiger partial charge in [-0.1, -0.05) is 44.2 Å². The maximum atomic E-state index is 12.5. The maximum absolute atomic E-state index is 12.5. The van der Waals surface area contributed by atoms with Crippen LogP contribution in [-0.4, -0.2) is 17.4 Å². The lowest BCUT2D eigenvalue weighted by atomic mass is 10.0. The summed E-state index contributed by atoms with van der Waals surface area (Å²) in [6.45, 7) is 7.96. The lowest BCUT2D eigenvalue weighted by Crippen LogP contribution is -2.31. The van der Waals surface area contributed by atoms with Crippen molar-refractivity contribution in [1.29, 1.82) is 0 Å². The molecule has 1 aromatic carbocycles. The van der Waals surface area contributed by atoms with E-state index < -0.39 is 0 Å². The molecule has 22 heavy (non-hydrogen) atoms. The molecule has 0 N–H and O–H groups in total. The number of nitrogens with zero attached hydrogens (tertiary/aromatic N) is 1. The van der Waals surface area contributed by atoms with Crippen LogP contribution in [0.2, 0.25) is 0 Å². The number of hydrogen-bond acceptors (Lipinski definition) is 2. The normalized spacial score (nSPS) is 10.9. The average Bonchev–Trinajstić information content (AvgIpc) is 2.99. The highest BCUT2D eigenvalue weighted by atomic mass is 32.1. The third-order valence-corrected chi connectivity index (χ3v) is 4.54. The highest BCUT2D eigenvalue weighted by Crippen LogP contribution is 2.14. The lowest BCUT2D eigenvalue weighted by molar-refractivity contribution is -0.130. The average molecular weight is 315 g/mol. The van der Waals surface area contributed by atoms with Crippen molar-refractivity contribution >= 4 is 17.2 Å². The Kier molecular flexibility index (Phi) is 6.20. The first kappa shape index (κ1) is 16.8. The monoisotopic (exact) mass is 315 g/mol. The first-order valence-corrected chi connectivity index (χ1v) is 8.84. The predicted octanol–water partition coefficient (Wildman–Crippen LogP) is 4.54. The summed E-state index contributed by atoms with van der Waals surface area (Å²) in [7, 11) is 0. The summed E-state index contributed by atoms with van der Waals surface area (Å²) >= 11 is 1.70. The van der Waals surface area contributed by atoms with Gasteiger partial charge in [0.2, 0.25) is 5.91 Å². The highest BCUT2D eigenvalue weighted by molar-refractivity contribution is 7.09. The first-order valence-electron chi connectivity index (χ1n) is 7.96. The van der Waals surface area contributed by atoms with Gasteiger partial charge in [0.15, 0.2) is 0 Å². The maximum Gasteiger partial charge on any atom is 0.227 e. The first-order chi connectivity index (χ1) is 10.6. The summed E-state index contributed by atoms with van der Waals surface area (Å²) in [6.07, 6.45) is 1.58. The Balaban J connectivity index is 1.94. The van der Waals surface area contributed by atoms with E-state index in [2.05, 4.69) is 49.6 Å². The fourth-order valence-corrected chi connectivity index (χ4v) is 3.24. The van der Waals surface area contributed by atoms with Gasteiger partial charge in [0.1, 0.15) is 0 Å². The van der Waals surface area contributed by atoms with Gasteiger partial charge in [0.05, 0.1) is 13.0 Å². The van der Waals surface area contributed by atoms with E-state index in [0.717, 1.165) is 25.1 Å². The molecule has 1 amide bonds. The number of benzene rings is 1. The third kappa shape index (κ3) is 4.99. The Labute approximate surface area is 137 Å². The van der Waals surface area contributed by atoms with Crippen LogP contribution in [0, 0.1) is 5.92 Å². The zero-order valence-electron chi connectivity index (χ0n) is 13.7. The lowest BCUT2D eigenvalue weighted by Gasteiger charge is -2.20. The summed E-state index contributed by atoms with van der Waals surface area (Å²) in [6, 6.07) is 12.6. The Morgan fingerprint density at radius 1 is 1.14 bits per heavy atom. The van der Waals surface area contributed by atoms with E-state index in [1.807, 2.05) is 17.9 Å². The topological polar surface area (TPSA) is 20.3 Å². The Bertz CT molecular complexity index is 572. The van der Waals surface area contributed by atoms with Gasteiger partial charge in [-0.2, -0.15) is 0 Å². The molecular weight excluding hydrogens is 290 g/mol. The summed E-state index contributed by atoms with van der Waals surface area (Å²) in [5.74, 6) is 0.862. The van der Waals surface area contributed by atoms with E-state index in [1.54, 1.807) is 11.3 Å². The zero-order valence-corrected chi connectivity index (χ0v) is 14.5. The van der Waals surface area contributed by atoms with Crippen LogP contribution in [0.15, 0.2) is 41.8 Å². The molecule has 0 saturated carbocycles. The van der Waals surface area contributed by atoms with Gasteiger partial charge in [0, 0.05) is 11.4 Å². The number of thiophene rings is 1. The Morgan fingerprint density at radius 2 is 1.82 bits per heavy atom.